The molecule has 0 aliphatic heterocycles. The summed E-state index contributed by atoms with van der Waals surface area (Å²) in [7, 11) is 0. The highest BCUT2D eigenvalue weighted by molar-refractivity contribution is 7.98. The molecule has 2 rings (SSSR count). The van der Waals surface area contributed by atoms with Gasteiger partial charge in [-0.2, -0.15) is 0 Å². The quantitative estimate of drug-likeness (QED) is 0.804. The standard InChI is InChI=1S/C17H19F2NS/c1-4-20-17(12-5-7-13(21-3)8-6-12)14-9-11(2)15(18)10-16(14)19/h5-10,17,20H,4H2,1-3H3. The lowest BCUT2D eigenvalue weighted by Gasteiger charge is -2.20. The third-order valence-corrected chi connectivity index (χ3v) is 4.19. The molecule has 1 N–H and O–H groups in total. The minimum atomic E-state index is -0.516. The predicted molar refractivity (Wildman–Crippen MR) is 84.8 cm³/mol. The SMILES string of the molecule is CCNC(c1ccc(SC)cc1)c1cc(C)c(F)cc1F. The van der Waals surface area contributed by atoms with Crippen molar-refractivity contribution in [3.05, 3.63) is 64.7 Å². The van der Waals surface area contributed by atoms with Gasteiger partial charge in [0.15, 0.2) is 0 Å². The Morgan fingerprint density at radius 3 is 2.33 bits per heavy atom. The van der Waals surface area contributed by atoms with Crippen LogP contribution < -0.4 is 5.32 Å². The third kappa shape index (κ3) is 3.63. The van der Waals surface area contributed by atoms with Crippen LogP contribution >= 0.6 is 11.8 Å². The van der Waals surface area contributed by atoms with Crippen LogP contribution in [0.4, 0.5) is 8.78 Å². The highest BCUT2D eigenvalue weighted by Crippen LogP contribution is 2.28. The summed E-state index contributed by atoms with van der Waals surface area (Å²) in [6.45, 7) is 4.32. The first-order valence-corrected chi connectivity index (χ1v) is 8.12. The Morgan fingerprint density at radius 1 is 1.10 bits per heavy atom. The summed E-state index contributed by atoms with van der Waals surface area (Å²) in [5.74, 6) is -1.03. The summed E-state index contributed by atoms with van der Waals surface area (Å²) >= 11 is 1.66. The van der Waals surface area contributed by atoms with E-state index in [1.54, 1.807) is 24.8 Å². The zero-order chi connectivity index (χ0) is 15.4. The molecule has 0 spiro atoms. The highest BCUT2D eigenvalue weighted by Gasteiger charge is 2.18. The molecule has 0 aliphatic carbocycles. The molecule has 2 aromatic rings. The molecule has 0 heterocycles. The summed E-state index contributed by atoms with van der Waals surface area (Å²) in [6.07, 6.45) is 2.01. The Balaban J connectivity index is 2.44. The minimum Gasteiger partial charge on any atom is -0.306 e. The van der Waals surface area contributed by atoms with Crippen molar-refractivity contribution < 1.29 is 8.78 Å². The van der Waals surface area contributed by atoms with E-state index in [0.717, 1.165) is 16.5 Å². The van der Waals surface area contributed by atoms with Crippen LogP contribution in [0.25, 0.3) is 0 Å². The fraction of sp³-hybridized carbons (Fsp3) is 0.294. The van der Waals surface area contributed by atoms with Gasteiger partial charge in [-0.3, -0.25) is 0 Å². The Kier molecular flexibility index (Phi) is 5.37. The molecule has 0 fully saturated rings. The topological polar surface area (TPSA) is 12.0 Å². The summed E-state index contributed by atoms with van der Waals surface area (Å²) in [4.78, 5) is 1.16. The van der Waals surface area contributed by atoms with Gasteiger partial charge in [0.2, 0.25) is 0 Å². The van der Waals surface area contributed by atoms with Crippen LogP contribution in [0.5, 0.6) is 0 Å². The number of benzene rings is 2. The van der Waals surface area contributed by atoms with Gasteiger partial charge in [0.25, 0.3) is 0 Å². The summed E-state index contributed by atoms with van der Waals surface area (Å²) in [5.41, 5.74) is 1.90. The van der Waals surface area contributed by atoms with Gasteiger partial charge in [-0.15, -0.1) is 11.8 Å². The van der Waals surface area contributed by atoms with Gasteiger partial charge < -0.3 is 5.32 Å². The zero-order valence-corrected chi connectivity index (χ0v) is 13.2. The number of hydrogen-bond acceptors (Lipinski definition) is 2. The number of nitrogens with one attached hydrogen (secondary N) is 1. The number of rotatable bonds is 5. The van der Waals surface area contributed by atoms with Crippen molar-refractivity contribution in [3.8, 4) is 0 Å². The van der Waals surface area contributed by atoms with Gasteiger partial charge in [-0.1, -0.05) is 19.1 Å². The lowest BCUT2D eigenvalue weighted by molar-refractivity contribution is 0.537. The van der Waals surface area contributed by atoms with Crippen LogP contribution in [0.2, 0.25) is 0 Å². The molecule has 1 unspecified atom stereocenters. The number of halogens is 2. The van der Waals surface area contributed by atoms with Crippen LogP contribution in [-0.4, -0.2) is 12.8 Å². The van der Waals surface area contributed by atoms with Gasteiger partial charge in [0, 0.05) is 16.5 Å². The van der Waals surface area contributed by atoms with E-state index in [1.165, 1.54) is 0 Å². The molecule has 0 aromatic heterocycles. The van der Waals surface area contributed by atoms with Crippen LogP contribution in [0.15, 0.2) is 41.3 Å². The first-order chi connectivity index (χ1) is 10.1. The predicted octanol–water partition coefficient (Wildman–Crippen LogP) is 4.69. The fourth-order valence-electron chi connectivity index (χ4n) is 2.31. The van der Waals surface area contributed by atoms with Crippen molar-refractivity contribution >= 4 is 11.8 Å². The first kappa shape index (κ1) is 16.0. The molecular formula is C17H19F2NS. The molecule has 0 aliphatic rings. The van der Waals surface area contributed by atoms with Crippen molar-refractivity contribution in [2.75, 3.05) is 12.8 Å². The summed E-state index contributed by atoms with van der Waals surface area (Å²) in [6, 6.07) is 10.3. The van der Waals surface area contributed by atoms with E-state index < -0.39 is 11.6 Å². The van der Waals surface area contributed by atoms with Gasteiger partial charge in [-0.25, -0.2) is 8.78 Å². The average Bonchev–Trinajstić information content (AvgIpc) is 2.49. The van der Waals surface area contributed by atoms with Crippen molar-refractivity contribution in [2.24, 2.45) is 0 Å². The lowest BCUT2D eigenvalue weighted by Crippen LogP contribution is -2.23. The normalized spacial score (nSPS) is 12.4. The molecule has 21 heavy (non-hydrogen) atoms. The maximum absolute atomic E-state index is 14.2. The lowest BCUT2D eigenvalue weighted by atomic mass is 9.96. The van der Waals surface area contributed by atoms with Gasteiger partial charge >= 0.3 is 0 Å². The molecule has 0 saturated heterocycles. The van der Waals surface area contributed by atoms with Gasteiger partial charge in [-0.05, 0) is 49.1 Å². The first-order valence-electron chi connectivity index (χ1n) is 6.89. The molecule has 1 atom stereocenters. The van der Waals surface area contributed by atoms with Gasteiger partial charge in [0.05, 0.1) is 6.04 Å². The summed E-state index contributed by atoms with van der Waals surface area (Å²) in [5, 5.41) is 3.27. The van der Waals surface area contributed by atoms with Crippen molar-refractivity contribution in [1.82, 2.24) is 5.32 Å². The van der Waals surface area contributed by atoms with E-state index in [1.807, 2.05) is 37.4 Å². The molecule has 2 aromatic carbocycles. The van der Waals surface area contributed by atoms with Crippen LogP contribution in [0.1, 0.15) is 29.7 Å². The van der Waals surface area contributed by atoms with Gasteiger partial charge in [0.1, 0.15) is 11.6 Å². The highest BCUT2D eigenvalue weighted by atomic mass is 32.2. The molecule has 1 nitrogen and oxygen atoms in total. The van der Waals surface area contributed by atoms with Crippen LogP contribution in [0, 0.1) is 18.6 Å². The zero-order valence-electron chi connectivity index (χ0n) is 12.4. The average molecular weight is 307 g/mol. The molecule has 0 amide bonds. The van der Waals surface area contributed by atoms with Crippen LogP contribution in [-0.2, 0) is 0 Å². The number of aryl methyl sites for hydroxylation is 1. The second kappa shape index (κ2) is 7.05. The Labute approximate surface area is 128 Å². The van der Waals surface area contributed by atoms with Crippen molar-refractivity contribution in [2.45, 2.75) is 24.8 Å². The van der Waals surface area contributed by atoms with Crippen molar-refractivity contribution in [1.29, 1.82) is 0 Å². The largest absolute Gasteiger partial charge is 0.306 e. The molecule has 0 bridgehead atoms. The van der Waals surface area contributed by atoms with E-state index in [9.17, 15) is 8.78 Å². The minimum absolute atomic E-state index is 0.273. The second-order valence-corrected chi connectivity index (χ2v) is 5.77. The molecule has 0 radical (unpaired) electrons. The Hall–Kier alpha value is -1.39. The molecular weight excluding hydrogens is 288 g/mol. The fourth-order valence-corrected chi connectivity index (χ4v) is 2.72. The Bertz CT molecular complexity index is 611. The van der Waals surface area contributed by atoms with E-state index in [4.69, 9.17) is 0 Å². The summed E-state index contributed by atoms with van der Waals surface area (Å²) < 4.78 is 27.6. The molecule has 112 valence electrons. The van der Waals surface area contributed by atoms with Crippen LogP contribution in [0.3, 0.4) is 0 Å². The van der Waals surface area contributed by atoms with E-state index >= 15 is 0 Å². The van der Waals surface area contributed by atoms with E-state index in [2.05, 4.69) is 5.32 Å². The number of thioether (sulfide) groups is 1. The Morgan fingerprint density at radius 2 is 1.76 bits per heavy atom. The molecule has 4 heteroatoms. The van der Waals surface area contributed by atoms with E-state index in [0.29, 0.717) is 17.7 Å². The maximum atomic E-state index is 14.2. The molecule has 0 saturated carbocycles. The van der Waals surface area contributed by atoms with Crippen molar-refractivity contribution in [3.63, 3.8) is 0 Å². The smallest absolute Gasteiger partial charge is 0.131 e. The maximum Gasteiger partial charge on any atom is 0.131 e. The van der Waals surface area contributed by atoms with E-state index in [-0.39, 0.29) is 6.04 Å². The second-order valence-electron chi connectivity index (χ2n) is 4.89. The monoisotopic (exact) mass is 307 g/mol. The third-order valence-electron chi connectivity index (χ3n) is 3.45. The number of hydrogen-bond donors (Lipinski definition) is 1.